The lowest BCUT2D eigenvalue weighted by Gasteiger charge is -2.15. The summed E-state index contributed by atoms with van der Waals surface area (Å²) in [6, 6.07) is 3.54. The molecule has 2 N–H and O–H groups in total. The lowest BCUT2D eigenvalue weighted by Crippen LogP contribution is -2.07. The maximum Gasteiger partial charge on any atom is 0.121 e. The third-order valence-electron chi connectivity index (χ3n) is 2.90. The van der Waals surface area contributed by atoms with Crippen LogP contribution in [-0.2, 0) is 5.60 Å². The van der Waals surface area contributed by atoms with Crippen LogP contribution in [0.3, 0.4) is 0 Å². The van der Waals surface area contributed by atoms with Gasteiger partial charge >= 0.3 is 0 Å². The van der Waals surface area contributed by atoms with Crippen LogP contribution in [-0.4, -0.2) is 10.2 Å². The van der Waals surface area contributed by atoms with Crippen LogP contribution in [0, 0.1) is 13.8 Å². The Morgan fingerprint density at radius 3 is 2.38 bits per heavy atom. The van der Waals surface area contributed by atoms with E-state index in [2.05, 4.69) is 0 Å². The Morgan fingerprint density at radius 2 is 1.85 bits per heavy atom. The highest BCUT2D eigenvalue weighted by atomic mass is 16.3. The molecule has 0 heterocycles. The zero-order valence-corrected chi connectivity index (χ0v) is 7.96. The van der Waals surface area contributed by atoms with Crippen molar-refractivity contribution in [2.24, 2.45) is 0 Å². The predicted molar refractivity (Wildman–Crippen MR) is 50.7 cm³/mol. The van der Waals surface area contributed by atoms with E-state index in [1.807, 2.05) is 19.9 Å². The molecule has 1 saturated carbocycles. The first kappa shape index (κ1) is 8.57. The molecule has 0 atom stereocenters. The quantitative estimate of drug-likeness (QED) is 0.690. The monoisotopic (exact) mass is 178 g/mol. The van der Waals surface area contributed by atoms with Gasteiger partial charge in [0.1, 0.15) is 5.75 Å². The number of phenolic OH excluding ortho intramolecular Hbond substituents is 1. The second-order valence-electron chi connectivity index (χ2n) is 3.93. The first-order valence-corrected chi connectivity index (χ1v) is 4.57. The van der Waals surface area contributed by atoms with Gasteiger partial charge in [-0.2, -0.15) is 0 Å². The van der Waals surface area contributed by atoms with Gasteiger partial charge in [0, 0.05) is 5.56 Å². The molecule has 1 aliphatic rings. The van der Waals surface area contributed by atoms with E-state index in [4.69, 9.17) is 0 Å². The van der Waals surface area contributed by atoms with E-state index in [1.54, 1.807) is 6.07 Å². The Hall–Kier alpha value is -1.02. The van der Waals surface area contributed by atoms with Crippen molar-refractivity contribution in [3.05, 3.63) is 28.8 Å². The fourth-order valence-electron chi connectivity index (χ4n) is 1.76. The van der Waals surface area contributed by atoms with E-state index in [0.29, 0.717) is 0 Å². The molecule has 13 heavy (non-hydrogen) atoms. The van der Waals surface area contributed by atoms with E-state index in [1.165, 1.54) is 0 Å². The van der Waals surface area contributed by atoms with Gasteiger partial charge in [-0.1, -0.05) is 6.07 Å². The van der Waals surface area contributed by atoms with Crippen molar-refractivity contribution in [2.45, 2.75) is 32.3 Å². The minimum absolute atomic E-state index is 0.225. The van der Waals surface area contributed by atoms with Gasteiger partial charge in [0.2, 0.25) is 0 Å². The maximum absolute atomic E-state index is 9.93. The van der Waals surface area contributed by atoms with Gasteiger partial charge < -0.3 is 10.2 Å². The number of rotatable bonds is 1. The number of benzene rings is 1. The van der Waals surface area contributed by atoms with Gasteiger partial charge in [-0.25, -0.2) is 0 Å². The van der Waals surface area contributed by atoms with Crippen molar-refractivity contribution in [2.75, 3.05) is 0 Å². The zero-order chi connectivity index (χ0) is 9.64. The topological polar surface area (TPSA) is 40.5 Å². The summed E-state index contributed by atoms with van der Waals surface area (Å²) in [5, 5.41) is 19.6. The van der Waals surface area contributed by atoms with Gasteiger partial charge in [-0.3, -0.25) is 0 Å². The summed E-state index contributed by atoms with van der Waals surface area (Å²) in [7, 11) is 0. The molecule has 1 aromatic rings. The van der Waals surface area contributed by atoms with Gasteiger partial charge in [0.15, 0.2) is 0 Å². The molecule has 0 spiro atoms. The second kappa shape index (κ2) is 2.48. The van der Waals surface area contributed by atoms with Crippen LogP contribution in [0.2, 0.25) is 0 Å². The second-order valence-corrected chi connectivity index (χ2v) is 3.93. The summed E-state index contributed by atoms with van der Waals surface area (Å²) >= 11 is 0. The molecular weight excluding hydrogens is 164 g/mol. The molecule has 1 fully saturated rings. The number of aromatic hydroxyl groups is 1. The fraction of sp³-hybridized carbons (Fsp3) is 0.455. The first-order chi connectivity index (χ1) is 6.04. The fourth-order valence-corrected chi connectivity index (χ4v) is 1.76. The SMILES string of the molecule is Cc1ccc(O)c(C2(O)CC2)c1C. The molecule has 1 aliphatic carbocycles. The lowest BCUT2D eigenvalue weighted by atomic mass is 9.96. The number of hydrogen-bond acceptors (Lipinski definition) is 2. The molecule has 0 radical (unpaired) electrons. The van der Waals surface area contributed by atoms with E-state index in [9.17, 15) is 10.2 Å². The summed E-state index contributed by atoms with van der Waals surface area (Å²) in [5.41, 5.74) is 2.13. The molecule has 0 saturated heterocycles. The largest absolute Gasteiger partial charge is 0.508 e. The zero-order valence-electron chi connectivity index (χ0n) is 7.96. The molecule has 0 unspecified atom stereocenters. The Bertz CT molecular complexity index is 351. The molecule has 0 amide bonds. The van der Waals surface area contributed by atoms with Crippen LogP contribution in [0.25, 0.3) is 0 Å². The highest BCUT2D eigenvalue weighted by Crippen LogP contribution is 2.50. The minimum atomic E-state index is -0.736. The molecule has 0 aliphatic heterocycles. The number of phenols is 1. The van der Waals surface area contributed by atoms with Crippen LogP contribution in [0.5, 0.6) is 5.75 Å². The summed E-state index contributed by atoms with van der Waals surface area (Å²) < 4.78 is 0. The summed E-state index contributed by atoms with van der Waals surface area (Å²) in [6.45, 7) is 3.94. The van der Waals surface area contributed by atoms with Gasteiger partial charge in [0.05, 0.1) is 5.60 Å². The van der Waals surface area contributed by atoms with Crippen molar-refractivity contribution in [1.29, 1.82) is 0 Å². The van der Waals surface area contributed by atoms with Crippen LogP contribution in [0.1, 0.15) is 29.5 Å². The van der Waals surface area contributed by atoms with E-state index < -0.39 is 5.60 Å². The van der Waals surface area contributed by atoms with Gasteiger partial charge in [0.25, 0.3) is 0 Å². The number of aryl methyl sites for hydroxylation is 1. The molecule has 2 rings (SSSR count). The lowest BCUT2D eigenvalue weighted by molar-refractivity contribution is 0.147. The molecule has 0 bridgehead atoms. The molecule has 1 aromatic carbocycles. The Kier molecular flexibility index (Phi) is 1.64. The van der Waals surface area contributed by atoms with Crippen molar-refractivity contribution in [1.82, 2.24) is 0 Å². The maximum atomic E-state index is 9.93. The van der Waals surface area contributed by atoms with Gasteiger partial charge in [-0.15, -0.1) is 0 Å². The summed E-state index contributed by atoms with van der Waals surface area (Å²) in [6.07, 6.45) is 1.54. The number of hydrogen-bond donors (Lipinski definition) is 2. The Morgan fingerprint density at radius 1 is 1.23 bits per heavy atom. The molecular formula is C11H14O2. The smallest absolute Gasteiger partial charge is 0.121 e. The molecule has 70 valence electrons. The first-order valence-electron chi connectivity index (χ1n) is 4.57. The summed E-state index contributed by atoms with van der Waals surface area (Å²) in [5.74, 6) is 0.225. The molecule has 0 aromatic heterocycles. The average molecular weight is 178 g/mol. The Balaban J connectivity index is 2.61. The van der Waals surface area contributed by atoms with E-state index in [-0.39, 0.29) is 5.75 Å². The van der Waals surface area contributed by atoms with Crippen molar-refractivity contribution in [3.8, 4) is 5.75 Å². The van der Waals surface area contributed by atoms with Crippen molar-refractivity contribution >= 4 is 0 Å². The van der Waals surface area contributed by atoms with Crippen LogP contribution < -0.4 is 0 Å². The van der Waals surface area contributed by atoms with Crippen LogP contribution >= 0.6 is 0 Å². The third-order valence-corrected chi connectivity index (χ3v) is 2.90. The number of aliphatic hydroxyl groups is 1. The van der Waals surface area contributed by atoms with Crippen LogP contribution in [0.15, 0.2) is 12.1 Å². The predicted octanol–water partition coefficient (Wildman–Crippen LogP) is 1.99. The van der Waals surface area contributed by atoms with E-state index >= 15 is 0 Å². The molecule has 2 heteroatoms. The highest BCUT2D eigenvalue weighted by molar-refractivity contribution is 5.48. The average Bonchev–Trinajstić information content (AvgIpc) is 2.78. The van der Waals surface area contributed by atoms with Crippen molar-refractivity contribution < 1.29 is 10.2 Å². The van der Waals surface area contributed by atoms with Crippen LogP contribution in [0.4, 0.5) is 0 Å². The van der Waals surface area contributed by atoms with E-state index in [0.717, 1.165) is 29.5 Å². The highest BCUT2D eigenvalue weighted by Gasteiger charge is 2.45. The van der Waals surface area contributed by atoms with Crippen molar-refractivity contribution in [3.63, 3.8) is 0 Å². The Labute approximate surface area is 77.8 Å². The standard InChI is InChI=1S/C11H14O2/c1-7-3-4-9(12)10(8(7)2)11(13)5-6-11/h3-4,12-13H,5-6H2,1-2H3. The normalized spacial score (nSPS) is 18.7. The third kappa shape index (κ3) is 1.22. The van der Waals surface area contributed by atoms with Gasteiger partial charge in [-0.05, 0) is 43.9 Å². The summed E-state index contributed by atoms with van der Waals surface area (Å²) in [4.78, 5) is 0. The minimum Gasteiger partial charge on any atom is -0.508 e. The molecule has 2 nitrogen and oxygen atoms in total.